The molecule has 3 heterocycles. The van der Waals surface area contributed by atoms with Gasteiger partial charge < -0.3 is 30.7 Å². The summed E-state index contributed by atoms with van der Waals surface area (Å²) >= 11 is 0. The van der Waals surface area contributed by atoms with E-state index in [9.17, 15) is 14.4 Å². The largest absolute Gasteiger partial charge is 0.493 e. The van der Waals surface area contributed by atoms with Crippen molar-refractivity contribution in [3.05, 3.63) is 48.2 Å². The summed E-state index contributed by atoms with van der Waals surface area (Å²) in [6, 6.07) is 5.46. The van der Waals surface area contributed by atoms with Crippen molar-refractivity contribution in [1.82, 2.24) is 46.4 Å². The average Bonchev–Trinajstić information content (AvgIpc) is 3.73. The fourth-order valence-electron chi connectivity index (χ4n) is 5.26. The molecule has 1 aromatic carbocycles. The van der Waals surface area contributed by atoms with Crippen molar-refractivity contribution in [2.24, 2.45) is 11.3 Å². The van der Waals surface area contributed by atoms with Crippen molar-refractivity contribution in [2.45, 2.75) is 45.1 Å². The number of fused-ring (bicyclic) bond motifs is 2. The van der Waals surface area contributed by atoms with Crippen molar-refractivity contribution < 1.29 is 23.9 Å². The van der Waals surface area contributed by atoms with E-state index in [-0.39, 0.29) is 37.4 Å². The Kier molecular flexibility index (Phi) is 10.3. The van der Waals surface area contributed by atoms with E-state index in [1.54, 1.807) is 30.7 Å². The van der Waals surface area contributed by atoms with E-state index in [0.717, 1.165) is 18.4 Å². The zero-order chi connectivity index (χ0) is 30.8. The van der Waals surface area contributed by atoms with Crippen LogP contribution >= 0.6 is 0 Å². The molecule has 2 aromatic heterocycles. The monoisotopic (exact) mass is 605 g/mol. The highest BCUT2D eigenvalue weighted by Crippen LogP contribution is 2.43. The maximum atomic E-state index is 14.2. The Hall–Kier alpha value is -4.59. The lowest BCUT2D eigenvalue weighted by molar-refractivity contribution is -0.132. The lowest BCUT2D eigenvalue weighted by Gasteiger charge is -2.33. The summed E-state index contributed by atoms with van der Waals surface area (Å²) in [6.07, 6.45) is 8.65. The Bertz CT molecular complexity index is 1430. The second kappa shape index (κ2) is 14.7. The van der Waals surface area contributed by atoms with Gasteiger partial charge in [-0.1, -0.05) is 18.9 Å². The summed E-state index contributed by atoms with van der Waals surface area (Å²) in [5, 5.41) is 19.2. The Morgan fingerprint density at radius 2 is 2.02 bits per heavy atom. The number of hydrogen-bond acceptors (Lipinski definition) is 10. The van der Waals surface area contributed by atoms with E-state index in [4.69, 9.17) is 9.47 Å². The smallest absolute Gasteiger partial charge is 0.257 e. The number of nitrogens with zero attached hydrogens (tertiary/aromatic N) is 4. The SMILES string of the molecule is COc1ccc2cc1OCC(=O)NCCNCCCC(=O)NCC(CC1CC1)(C(=O)NCc1nc(-c3cnccn3)n[nH]1)C2. The molecule has 0 radical (unpaired) electrons. The molecule has 1 unspecified atom stereocenters. The van der Waals surface area contributed by atoms with Crippen molar-refractivity contribution in [1.29, 1.82) is 0 Å². The number of methoxy groups -OCH3 is 1. The molecule has 1 fully saturated rings. The van der Waals surface area contributed by atoms with Crippen LogP contribution in [0.4, 0.5) is 0 Å². The topological polar surface area (TPSA) is 185 Å². The van der Waals surface area contributed by atoms with Crippen LogP contribution in [-0.4, -0.2) is 82.8 Å². The molecule has 0 saturated heterocycles. The molecule has 5 N–H and O–H groups in total. The second-order valence-corrected chi connectivity index (χ2v) is 11.2. The number of aromatic amines is 1. The van der Waals surface area contributed by atoms with Gasteiger partial charge in [0, 0.05) is 38.4 Å². The van der Waals surface area contributed by atoms with Gasteiger partial charge in [-0.3, -0.25) is 24.5 Å². The maximum absolute atomic E-state index is 14.2. The number of amides is 3. The standard InChI is InChI=1S/C30H39N9O5/c1-43-23-7-6-21-13-24(23)44-18-27(41)34-12-9-31-8-2-3-26(40)36-19-30(15-21,14-20-4-5-20)29(42)35-17-25-37-28(39-38-25)22-16-32-10-11-33-22/h6-7,10-11,13,16,20,31H,2-5,8-9,12,14-15,17-19H2,1H3,(H,34,41)(H,35,42)(H,36,40)(H,37,38,39). The number of carbonyl (C=O) groups is 3. The van der Waals surface area contributed by atoms with Gasteiger partial charge in [-0.15, -0.1) is 0 Å². The van der Waals surface area contributed by atoms with Crippen LogP contribution in [0.5, 0.6) is 11.5 Å². The summed E-state index contributed by atoms with van der Waals surface area (Å²) in [6.45, 7) is 1.76. The van der Waals surface area contributed by atoms with Crippen LogP contribution in [0.3, 0.4) is 0 Å². The molecule has 1 atom stereocenters. The number of benzene rings is 1. The Morgan fingerprint density at radius 1 is 1.14 bits per heavy atom. The third-order valence-electron chi connectivity index (χ3n) is 7.73. The Labute approximate surface area is 255 Å². The van der Waals surface area contributed by atoms with E-state index in [0.29, 0.717) is 80.1 Å². The number of H-pyrrole nitrogens is 1. The number of carbonyl (C=O) groups excluding carboxylic acids is 3. The summed E-state index contributed by atoms with van der Waals surface area (Å²) in [5.41, 5.74) is 0.391. The molecule has 2 bridgehead atoms. The predicted octanol–water partition coefficient (Wildman–Crippen LogP) is 0.910. The molecular formula is C30H39N9O5. The summed E-state index contributed by atoms with van der Waals surface area (Å²) in [7, 11) is 1.53. The number of rotatable bonds is 7. The number of nitrogens with one attached hydrogen (secondary N) is 5. The molecule has 5 rings (SSSR count). The lowest BCUT2D eigenvalue weighted by atomic mass is 9.75. The first-order valence-corrected chi connectivity index (χ1v) is 14.9. The molecule has 3 aromatic rings. The molecule has 1 aliphatic heterocycles. The molecule has 2 aliphatic rings. The van der Waals surface area contributed by atoms with Gasteiger partial charge in [0.05, 0.1) is 25.3 Å². The van der Waals surface area contributed by atoms with Crippen molar-refractivity contribution in [3.8, 4) is 23.0 Å². The third kappa shape index (κ3) is 8.49. The highest BCUT2D eigenvalue weighted by Gasteiger charge is 2.43. The van der Waals surface area contributed by atoms with Crippen LogP contribution in [0.1, 0.15) is 43.5 Å². The molecule has 1 aliphatic carbocycles. The first kappa shape index (κ1) is 30.9. The van der Waals surface area contributed by atoms with Crippen LogP contribution in [0.15, 0.2) is 36.8 Å². The van der Waals surface area contributed by atoms with E-state index in [1.807, 2.05) is 6.07 Å². The fourth-order valence-corrected chi connectivity index (χ4v) is 5.26. The fraction of sp³-hybridized carbons (Fsp3) is 0.500. The molecular weight excluding hydrogens is 566 g/mol. The van der Waals surface area contributed by atoms with Gasteiger partial charge in [-0.2, -0.15) is 5.10 Å². The van der Waals surface area contributed by atoms with E-state index in [2.05, 4.69) is 46.4 Å². The maximum Gasteiger partial charge on any atom is 0.257 e. The molecule has 234 valence electrons. The normalized spacial score (nSPS) is 20.3. The van der Waals surface area contributed by atoms with Crippen LogP contribution in [0.2, 0.25) is 0 Å². The van der Waals surface area contributed by atoms with Crippen LogP contribution < -0.4 is 30.7 Å². The van der Waals surface area contributed by atoms with Gasteiger partial charge in [0.1, 0.15) is 11.5 Å². The van der Waals surface area contributed by atoms with Gasteiger partial charge >= 0.3 is 0 Å². The zero-order valence-corrected chi connectivity index (χ0v) is 24.9. The van der Waals surface area contributed by atoms with Crippen LogP contribution in [0, 0.1) is 11.3 Å². The zero-order valence-electron chi connectivity index (χ0n) is 24.9. The highest BCUT2D eigenvalue weighted by atomic mass is 16.5. The summed E-state index contributed by atoms with van der Waals surface area (Å²) in [4.78, 5) is 52.2. The molecule has 14 nitrogen and oxygen atoms in total. The van der Waals surface area contributed by atoms with Gasteiger partial charge in [0.2, 0.25) is 17.6 Å². The van der Waals surface area contributed by atoms with E-state index < -0.39 is 5.41 Å². The molecule has 0 spiro atoms. The molecule has 14 heteroatoms. The van der Waals surface area contributed by atoms with Crippen molar-refractivity contribution in [2.75, 3.05) is 39.9 Å². The third-order valence-corrected chi connectivity index (χ3v) is 7.73. The summed E-state index contributed by atoms with van der Waals surface area (Å²) < 4.78 is 11.3. The van der Waals surface area contributed by atoms with Gasteiger partial charge in [-0.05, 0) is 49.4 Å². The highest BCUT2D eigenvalue weighted by molar-refractivity contribution is 5.84. The molecule has 44 heavy (non-hydrogen) atoms. The average molecular weight is 606 g/mol. The van der Waals surface area contributed by atoms with Gasteiger partial charge in [0.25, 0.3) is 5.91 Å². The van der Waals surface area contributed by atoms with E-state index in [1.165, 1.54) is 7.11 Å². The Morgan fingerprint density at radius 3 is 2.82 bits per heavy atom. The first-order chi connectivity index (χ1) is 21.4. The van der Waals surface area contributed by atoms with Gasteiger partial charge in [-0.25, -0.2) is 9.97 Å². The Balaban J connectivity index is 1.40. The summed E-state index contributed by atoms with van der Waals surface area (Å²) in [5.74, 6) is 1.55. The minimum Gasteiger partial charge on any atom is -0.493 e. The number of aromatic nitrogens is 5. The van der Waals surface area contributed by atoms with Crippen molar-refractivity contribution >= 4 is 17.7 Å². The minimum absolute atomic E-state index is 0.114. The first-order valence-electron chi connectivity index (χ1n) is 14.9. The lowest BCUT2D eigenvalue weighted by Crippen LogP contribution is -2.50. The predicted molar refractivity (Wildman–Crippen MR) is 159 cm³/mol. The molecule has 3 amide bonds. The number of ether oxygens (including phenoxy) is 2. The second-order valence-electron chi connectivity index (χ2n) is 11.2. The van der Waals surface area contributed by atoms with E-state index >= 15 is 0 Å². The van der Waals surface area contributed by atoms with Crippen LogP contribution in [-0.2, 0) is 27.3 Å². The number of hydrogen-bond donors (Lipinski definition) is 5. The van der Waals surface area contributed by atoms with Gasteiger partial charge in [0.15, 0.2) is 18.1 Å². The van der Waals surface area contributed by atoms with Crippen LogP contribution in [0.25, 0.3) is 11.5 Å². The van der Waals surface area contributed by atoms with Crippen molar-refractivity contribution in [3.63, 3.8) is 0 Å². The quantitative estimate of drug-likeness (QED) is 0.259. The minimum atomic E-state index is -0.947. The molecule has 1 saturated carbocycles.